The van der Waals surface area contributed by atoms with Crippen LogP contribution in [0.25, 0.3) is 21.8 Å². The van der Waals surface area contributed by atoms with Gasteiger partial charge in [-0.2, -0.15) is 10.2 Å². The number of fused-ring (bicyclic) bond motifs is 2. The van der Waals surface area contributed by atoms with Gasteiger partial charge in [0.2, 0.25) is 0 Å². The minimum Gasteiger partial charge on any atom is -0.334 e. The zero-order chi connectivity index (χ0) is 19.3. The predicted molar refractivity (Wildman–Crippen MR) is 110 cm³/mol. The molecule has 0 N–H and O–H groups in total. The summed E-state index contributed by atoms with van der Waals surface area (Å²) in [5.41, 5.74) is 3.03. The van der Waals surface area contributed by atoms with E-state index in [0.717, 1.165) is 32.0 Å². The Bertz CT molecular complexity index is 1200. The van der Waals surface area contributed by atoms with Crippen molar-refractivity contribution in [2.24, 2.45) is 14.1 Å². The van der Waals surface area contributed by atoms with Crippen molar-refractivity contribution in [1.29, 1.82) is 0 Å². The van der Waals surface area contributed by atoms with Crippen molar-refractivity contribution in [3.63, 3.8) is 0 Å². The van der Waals surface area contributed by atoms with Crippen molar-refractivity contribution in [2.45, 2.75) is 6.54 Å². The number of aryl methyl sites for hydroxylation is 2. The maximum Gasteiger partial charge on any atom is 0.272 e. The molecule has 138 valence electrons. The van der Waals surface area contributed by atoms with Gasteiger partial charge in [0.1, 0.15) is 5.69 Å². The first-order valence-corrected chi connectivity index (χ1v) is 9.51. The molecule has 0 bridgehead atoms. The zero-order valence-corrected chi connectivity index (χ0v) is 17.4. The summed E-state index contributed by atoms with van der Waals surface area (Å²) in [6.07, 6.45) is 0. The summed E-state index contributed by atoms with van der Waals surface area (Å²) in [6, 6.07) is 11.4. The predicted octanol–water partition coefficient (Wildman–Crippen LogP) is 4.15. The average molecular weight is 447 g/mol. The van der Waals surface area contributed by atoms with Crippen molar-refractivity contribution < 1.29 is 4.79 Å². The quantitative estimate of drug-likeness (QED) is 0.475. The Morgan fingerprint density at radius 1 is 1.19 bits per heavy atom. The molecule has 8 heteroatoms. The molecule has 0 saturated carbocycles. The SMILES string of the molecule is CN(Cc1nn(C)c2cccc(Cl)c12)C(=O)c1c2ccc(Br)cc2nn1C. The van der Waals surface area contributed by atoms with Crippen LogP contribution in [0, 0.1) is 0 Å². The van der Waals surface area contributed by atoms with Gasteiger partial charge in [-0.25, -0.2) is 0 Å². The first-order valence-electron chi connectivity index (χ1n) is 8.34. The monoisotopic (exact) mass is 445 g/mol. The summed E-state index contributed by atoms with van der Waals surface area (Å²) in [7, 11) is 5.41. The van der Waals surface area contributed by atoms with Gasteiger partial charge in [-0.3, -0.25) is 14.2 Å². The molecule has 0 aliphatic rings. The van der Waals surface area contributed by atoms with Gasteiger partial charge in [0.15, 0.2) is 0 Å². The Morgan fingerprint density at radius 2 is 1.96 bits per heavy atom. The number of aromatic nitrogens is 4. The number of hydrogen-bond acceptors (Lipinski definition) is 3. The van der Waals surface area contributed by atoms with Gasteiger partial charge in [0.25, 0.3) is 5.91 Å². The van der Waals surface area contributed by atoms with E-state index in [1.54, 1.807) is 28.4 Å². The fourth-order valence-electron chi connectivity index (χ4n) is 3.37. The van der Waals surface area contributed by atoms with Crippen molar-refractivity contribution in [2.75, 3.05) is 7.05 Å². The highest BCUT2D eigenvalue weighted by Gasteiger charge is 2.22. The van der Waals surface area contributed by atoms with Crippen LogP contribution in [0.2, 0.25) is 5.02 Å². The van der Waals surface area contributed by atoms with E-state index in [4.69, 9.17) is 11.6 Å². The summed E-state index contributed by atoms with van der Waals surface area (Å²) < 4.78 is 4.33. The molecule has 0 atom stereocenters. The number of amides is 1. The lowest BCUT2D eigenvalue weighted by Gasteiger charge is -2.16. The summed E-state index contributed by atoms with van der Waals surface area (Å²) in [5.74, 6) is -0.117. The third-order valence-corrected chi connectivity index (χ3v) is 5.44. The van der Waals surface area contributed by atoms with Crippen LogP contribution in [-0.4, -0.2) is 37.4 Å². The molecule has 0 spiro atoms. The summed E-state index contributed by atoms with van der Waals surface area (Å²) >= 11 is 9.82. The number of rotatable bonds is 3. The van der Waals surface area contributed by atoms with E-state index in [9.17, 15) is 4.79 Å². The van der Waals surface area contributed by atoms with Gasteiger partial charge in [-0.15, -0.1) is 0 Å². The second-order valence-corrected chi connectivity index (χ2v) is 7.82. The molecular formula is C19H17BrClN5O. The molecule has 0 fully saturated rings. The maximum atomic E-state index is 13.1. The van der Waals surface area contributed by atoms with Crippen LogP contribution >= 0.6 is 27.5 Å². The molecule has 6 nitrogen and oxygen atoms in total. The minimum atomic E-state index is -0.117. The molecular weight excluding hydrogens is 430 g/mol. The third kappa shape index (κ3) is 3.00. The fraction of sp³-hybridized carbons (Fsp3) is 0.211. The topological polar surface area (TPSA) is 56.0 Å². The highest BCUT2D eigenvalue weighted by atomic mass is 79.9. The summed E-state index contributed by atoms with van der Waals surface area (Å²) in [6.45, 7) is 0.350. The van der Waals surface area contributed by atoms with E-state index in [0.29, 0.717) is 17.3 Å². The molecule has 2 heterocycles. The van der Waals surface area contributed by atoms with Gasteiger partial charge in [0, 0.05) is 36.4 Å². The summed E-state index contributed by atoms with van der Waals surface area (Å²) in [5, 5.41) is 11.3. The number of carbonyl (C=O) groups is 1. The minimum absolute atomic E-state index is 0.117. The van der Waals surface area contributed by atoms with Crippen LogP contribution in [0.1, 0.15) is 16.2 Å². The second-order valence-electron chi connectivity index (χ2n) is 6.50. The Labute approximate surface area is 169 Å². The van der Waals surface area contributed by atoms with Crippen LogP contribution < -0.4 is 0 Å². The molecule has 0 unspecified atom stereocenters. The number of nitrogens with zero attached hydrogens (tertiary/aromatic N) is 5. The summed E-state index contributed by atoms with van der Waals surface area (Å²) in [4.78, 5) is 14.8. The lowest BCUT2D eigenvalue weighted by Crippen LogP contribution is -2.28. The van der Waals surface area contributed by atoms with Crippen LogP contribution in [-0.2, 0) is 20.6 Å². The maximum absolute atomic E-state index is 13.1. The molecule has 0 aliphatic heterocycles. The van der Waals surface area contributed by atoms with Gasteiger partial charge in [-0.05, 0) is 30.3 Å². The number of hydrogen-bond donors (Lipinski definition) is 0. The Hall–Kier alpha value is -2.38. The van der Waals surface area contributed by atoms with E-state index in [1.165, 1.54) is 0 Å². The van der Waals surface area contributed by atoms with E-state index in [-0.39, 0.29) is 5.91 Å². The molecule has 4 aromatic rings. The largest absolute Gasteiger partial charge is 0.334 e. The highest BCUT2D eigenvalue weighted by Crippen LogP contribution is 2.28. The second kappa shape index (κ2) is 6.65. The standard InChI is InChI=1S/C19H17BrClN5O/c1-24(10-15-17-13(21)5-4-6-16(17)25(2)23-15)19(27)18-12-8-7-11(20)9-14(12)22-26(18)3/h4-9H,10H2,1-3H3. The van der Waals surface area contributed by atoms with Crippen molar-refractivity contribution in [3.8, 4) is 0 Å². The molecule has 0 radical (unpaired) electrons. The number of carbonyl (C=O) groups excluding carboxylic acids is 1. The van der Waals surface area contributed by atoms with Crippen LogP contribution in [0.4, 0.5) is 0 Å². The van der Waals surface area contributed by atoms with Gasteiger partial charge >= 0.3 is 0 Å². The molecule has 2 aromatic carbocycles. The first kappa shape index (κ1) is 18.0. The van der Waals surface area contributed by atoms with Crippen molar-refractivity contribution in [3.05, 3.63) is 57.3 Å². The van der Waals surface area contributed by atoms with E-state index < -0.39 is 0 Å². The zero-order valence-electron chi connectivity index (χ0n) is 15.1. The Morgan fingerprint density at radius 3 is 2.74 bits per heavy atom. The van der Waals surface area contributed by atoms with Crippen molar-refractivity contribution in [1.82, 2.24) is 24.5 Å². The Kier molecular flexibility index (Phi) is 4.44. The Balaban J connectivity index is 1.71. The smallest absolute Gasteiger partial charge is 0.272 e. The van der Waals surface area contributed by atoms with E-state index >= 15 is 0 Å². The number of halogens is 2. The first-order chi connectivity index (χ1) is 12.9. The fourth-order valence-corrected chi connectivity index (χ4v) is 4.00. The van der Waals surface area contributed by atoms with Crippen LogP contribution in [0.15, 0.2) is 40.9 Å². The van der Waals surface area contributed by atoms with Crippen molar-refractivity contribution >= 4 is 55.2 Å². The van der Waals surface area contributed by atoms with Gasteiger partial charge in [-0.1, -0.05) is 33.6 Å². The molecule has 4 rings (SSSR count). The van der Waals surface area contributed by atoms with E-state index in [1.807, 2.05) is 43.4 Å². The molecule has 2 aromatic heterocycles. The molecule has 0 saturated heterocycles. The van der Waals surface area contributed by atoms with E-state index in [2.05, 4.69) is 26.1 Å². The molecule has 0 aliphatic carbocycles. The van der Waals surface area contributed by atoms with Crippen LogP contribution in [0.3, 0.4) is 0 Å². The molecule has 1 amide bonds. The average Bonchev–Trinajstić information content (AvgIpc) is 3.11. The highest BCUT2D eigenvalue weighted by molar-refractivity contribution is 9.10. The molecule has 27 heavy (non-hydrogen) atoms. The third-order valence-electron chi connectivity index (χ3n) is 4.63. The lowest BCUT2D eigenvalue weighted by molar-refractivity contribution is 0.0775. The lowest BCUT2D eigenvalue weighted by atomic mass is 10.1. The van der Waals surface area contributed by atoms with Crippen LogP contribution in [0.5, 0.6) is 0 Å². The normalized spacial score (nSPS) is 11.4. The van der Waals surface area contributed by atoms with Gasteiger partial charge in [0.05, 0.1) is 28.3 Å². The van der Waals surface area contributed by atoms with Gasteiger partial charge < -0.3 is 4.90 Å². The number of benzene rings is 2.